The minimum Gasteiger partial charge on any atom is -0.271 e. The van der Waals surface area contributed by atoms with Crippen LogP contribution in [0.1, 0.15) is 33.1 Å². The lowest BCUT2D eigenvalue weighted by molar-refractivity contribution is -0.124. The smallest absolute Gasteiger partial charge is 0.259 e. The van der Waals surface area contributed by atoms with Crippen molar-refractivity contribution in [3.05, 3.63) is 30.1 Å². The van der Waals surface area contributed by atoms with E-state index < -0.39 is 5.41 Å². The minimum absolute atomic E-state index is 0.0432. The lowest BCUT2D eigenvalue weighted by Gasteiger charge is -2.26. The number of anilines is 1. The first-order valence-corrected chi connectivity index (χ1v) is 6.75. The molecule has 3 rings (SSSR count). The molecule has 3 nitrogen and oxygen atoms in total. The molecule has 1 atom stereocenters. The average Bonchev–Trinajstić information content (AvgIpc) is 3.20. The second-order valence-electron chi connectivity index (χ2n) is 5.38. The molecule has 19 heavy (non-hydrogen) atoms. The quantitative estimate of drug-likeness (QED) is 0.820. The van der Waals surface area contributed by atoms with Crippen molar-refractivity contribution in [3.8, 4) is 0 Å². The van der Waals surface area contributed by atoms with Crippen molar-refractivity contribution in [2.45, 2.75) is 33.1 Å². The molecule has 0 aromatic heterocycles. The maximum atomic E-state index is 13.0. The third-order valence-electron chi connectivity index (χ3n) is 4.37. The first kappa shape index (κ1) is 12.3. The number of rotatable bonds is 3. The van der Waals surface area contributed by atoms with Gasteiger partial charge in [-0.3, -0.25) is 4.79 Å². The number of benzene rings is 1. The highest BCUT2D eigenvalue weighted by Crippen LogP contribution is 2.52. The molecule has 0 spiro atoms. The zero-order chi connectivity index (χ0) is 13.6. The van der Waals surface area contributed by atoms with Crippen LogP contribution in [0.15, 0.2) is 29.4 Å². The summed E-state index contributed by atoms with van der Waals surface area (Å²) in [5.41, 5.74) is 1.11. The van der Waals surface area contributed by atoms with Crippen molar-refractivity contribution < 1.29 is 9.18 Å². The first-order valence-electron chi connectivity index (χ1n) is 6.75. The lowest BCUT2D eigenvalue weighted by Crippen LogP contribution is -2.40. The molecule has 1 aliphatic heterocycles. The van der Waals surface area contributed by atoms with Gasteiger partial charge in [0.25, 0.3) is 5.91 Å². The number of carbonyl (C=O) groups is 1. The molecule has 1 aromatic rings. The van der Waals surface area contributed by atoms with Gasteiger partial charge in [0.15, 0.2) is 0 Å². The van der Waals surface area contributed by atoms with Gasteiger partial charge >= 0.3 is 0 Å². The van der Waals surface area contributed by atoms with Gasteiger partial charge in [-0.05, 0) is 56.4 Å². The summed E-state index contributed by atoms with van der Waals surface area (Å²) >= 11 is 0. The average molecular weight is 260 g/mol. The number of nitrogens with zero attached hydrogens (tertiary/aromatic N) is 2. The Kier molecular flexibility index (Phi) is 2.69. The van der Waals surface area contributed by atoms with Gasteiger partial charge in [-0.25, -0.2) is 4.39 Å². The van der Waals surface area contributed by atoms with Crippen molar-refractivity contribution in [1.29, 1.82) is 0 Å². The topological polar surface area (TPSA) is 32.7 Å². The molecule has 1 aliphatic carbocycles. The maximum absolute atomic E-state index is 13.0. The Labute approximate surface area is 112 Å². The molecule has 0 N–H and O–H groups in total. The van der Waals surface area contributed by atoms with Gasteiger partial charge in [0.05, 0.1) is 16.8 Å². The van der Waals surface area contributed by atoms with Gasteiger partial charge in [-0.2, -0.15) is 10.1 Å². The predicted molar refractivity (Wildman–Crippen MR) is 72.4 cm³/mol. The molecule has 100 valence electrons. The SMILES string of the molecule is CCC1(C2CC2)C(=O)N(c2ccc(F)cc2)N=C1C. The van der Waals surface area contributed by atoms with E-state index in [4.69, 9.17) is 0 Å². The molecule has 0 saturated heterocycles. The van der Waals surface area contributed by atoms with Crippen LogP contribution in [0.3, 0.4) is 0 Å². The van der Waals surface area contributed by atoms with Gasteiger partial charge in [0.2, 0.25) is 0 Å². The van der Waals surface area contributed by atoms with E-state index in [-0.39, 0.29) is 11.7 Å². The molecule has 1 unspecified atom stereocenters. The molecule has 4 heteroatoms. The van der Waals surface area contributed by atoms with E-state index >= 15 is 0 Å². The van der Waals surface area contributed by atoms with Crippen LogP contribution in [0, 0.1) is 17.2 Å². The fourth-order valence-corrected chi connectivity index (χ4v) is 3.13. The highest BCUT2D eigenvalue weighted by Gasteiger charge is 2.56. The van der Waals surface area contributed by atoms with Gasteiger partial charge in [0.1, 0.15) is 5.82 Å². The van der Waals surface area contributed by atoms with Gasteiger partial charge in [0, 0.05) is 0 Å². The lowest BCUT2D eigenvalue weighted by atomic mass is 9.76. The molecule has 2 aliphatic rings. The fraction of sp³-hybridized carbons (Fsp3) is 0.467. The van der Waals surface area contributed by atoms with Crippen LogP contribution in [-0.4, -0.2) is 11.6 Å². The Hall–Kier alpha value is -1.71. The Morgan fingerprint density at radius 2 is 2.00 bits per heavy atom. The maximum Gasteiger partial charge on any atom is 0.259 e. The van der Waals surface area contributed by atoms with Gasteiger partial charge in [-0.15, -0.1) is 0 Å². The minimum atomic E-state index is -0.422. The molecule has 1 aromatic carbocycles. The Bertz CT molecular complexity index is 548. The number of hydrogen-bond acceptors (Lipinski definition) is 2. The number of halogens is 1. The van der Waals surface area contributed by atoms with Gasteiger partial charge < -0.3 is 0 Å². The first-order chi connectivity index (χ1) is 9.09. The molecule has 1 saturated carbocycles. The molecule has 1 heterocycles. The van der Waals surface area contributed by atoms with Crippen LogP contribution in [-0.2, 0) is 4.79 Å². The van der Waals surface area contributed by atoms with Crippen molar-refractivity contribution >= 4 is 17.3 Å². The molecule has 1 fully saturated rings. The van der Waals surface area contributed by atoms with Crippen molar-refractivity contribution in [2.75, 3.05) is 5.01 Å². The van der Waals surface area contributed by atoms with Crippen LogP contribution < -0.4 is 5.01 Å². The van der Waals surface area contributed by atoms with Crippen molar-refractivity contribution in [1.82, 2.24) is 0 Å². The largest absolute Gasteiger partial charge is 0.271 e. The monoisotopic (exact) mass is 260 g/mol. The van der Waals surface area contributed by atoms with E-state index in [0.717, 1.165) is 25.0 Å². The third-order valence-corrected chi connectivity index (χ3v) is 4.37. The Morgan fingerprint density at radius 1 is 1.37 bits per heavy atom. The summed E-state index contributed by atoms with van der Waals surface area (Å²) in [5.74, 6) is 0.167. The summed E-state index contributed by atoms with van der Waals surface area (Å²) in [6.07, 6.45) is 2.98. The molecular weight excluding hydrogens is 243 g/mol. The third kappa shape index (κ3) is 1.70. The van der Waals surface area contributed by atoms with Crippen molar-refractivity contribution in [2.24, 2.45) is 16.4 Å². The number of hydrazone groups is 1. The number of hydrogen-bond donors (Lipinski definition) is 0. The summed E-state index contributed by atoms with van der Waals surface area (Å²) in [6.45, 7) is 3.98. The van der Waals surface area contributed by atoms with Crippen LogP contribution in [0.2, 0.25) is 0 Å². The summed E-state index contributed by atoms with van der Waals surface area (Å²) in [4.78, 5) is 12.8. The van der Waals surface area contributed by atoms with Crippen LogP contribution in [0.25, 0.3) is 0 Å². The second kappa shape index (κ2) is 4.15. The van der Waals surface area contributed by atoms with E-state index in [2.05, 4.69) is 5.10 Å². The molecule has 1 amide bonds. The van der Waals surface area contributed by atoms with Crippen LogP contribution >= 0.6 is 0 Å². The van der Waals surface area contributed by atoms with E-state index in [0.29, 0.717) is 11.6 Å². The van der Waals surface area contributed by atoms with E-state index in [1.54, 1.807) is 12.1 Å². The zero-order valence-corrected chi connectivity index (χ0v) is 11.2. The highest BCUT2D eigenvalue weighted by atomic mass is 19.1. The highest BCUT2D eigenvalue weighted by molar-refractivity contribution is 6.18. The Morgan fingerprint density at radius 3 is 2.53 bits per heavy atom. The number of amides is 1. The Balaban J connectivity index is 1.98. The zero-order valence-electron chi connectivity index (χ0n) is 11.2. The number of carbonyl (C=O) groups excluding carboxylic acids is 1. The second-order valence-corrected chi connectivity index (χ2v) is 5.38. The van der Waals surface area contributed by atoms with Crippen molar-refractivity contribution in [3.63, 3.8) is 0 Å². The predicted octanol–water partition coefficient (Wildman–Crippen LogP) is 3.35. The summed E-state index contributed by atoms with van der Waals surface area (Å²) in [6, 6.07) is 5.92. The summed E-state index contributed by atoms with van der Waals surface area (Å²) in [5, 5.41) is 5.87. The summed E-state index contributed by atoms with van der Waals surface area (Å²) in [7, 11) is 0. The van der Waals surface area contributed by atoms with E-state index in [1.807, 2.05) is 13.8 Å². The summed E-state index contributed by atoms with van der Waals surface area (Å²) < 4.78 is 13.0. The molecular formula is C15H17FN2O. The van der Waals surface area contributed by atoms with Crippen LogP contribution in [0.5, 0.6) is 0 Å². The van der Waals surface area contributed by atoms with E-state index in [1.165, 1.54) is 17.1 Å². The molecule has 0 radical (unpaired) electrons. The standard InChI is InChI=1S/C15H17FN2O/c1-3-15(11-4-5-11)10(2)17-18(14(15)19)13-8-6-12(16)7-9-13/h6-9,11H,3-5H2,1-2H3. The molecule has 0 bridgehead atoms. The van der Waals surface area contributed by atoms with Crippen LogP contribution in [0.4, 0.5) is 10.1 Å². The van der Waals surface area contributed by atoms with E-state index in [9.17, 15) is 9.18 Å². The normalized spacial score (nSPS) is 26.8. The van der Waals surface area contributed by atoms with Gasteiger partial charge in [-0.1, -0.05) is 6.92 Å². The fourth-order valence-electron chi connectivity index (χ4n) is 3.13.